The fourth-order valence-electron chi connectivity index (χ4n) is 2.66. The highest BCUT2D eigenvalue weighted by atomic mass is 32.2. The normalized spacial score (nSPS) is 19.5. The van der Waals surface area contributed by atoms with Crippen LogP contribution in [-0.4, -0.2) is 52.9 Å². The largest absolute Gasteiger partial charge is 0.422 e. The quantitative estimate of drug-likeness (QED) is 0.664. The molecule has 0 aliphatic carbocycles. The van der Waals surface area contributed by atoms with Crippen LogP contribution in [0.2, 0.25) is 0 Å². The van der Waals surface area contributed by atoms with Crippen LogP contribution in [0.25, 0.3) is 11.0 Å². The van der Waals surface area contributed by atoms with Crippen LogP contribution in [-0.2, 0) is 21.2 Å². The summed E-state index contributed by atoms with van der Waals surface area (Å²) >= 11 is 0. The monoisotopic (exact) mass is 365 g/mol. The van der Waals surface area contributed by atoms with Crippen molar-refractivity contribution in [2.24, 2.45) is 0 Å². The van der Waals surface area contributed by atoms with Crippen LogP contribution in [0.3, 0.4) is 0 Å². The Labute approximate surface area is 142 Å². The molecule has 3 aromatic rings. The summed E-state index contributed by atoms with van der Waals surface area (Å²) in [5, 5.41) is 15.2. The van der Waals surface area contributed by atoms with Crippen LogP contribution in [0.4, 0.5) is 0 Å². The van der Waals surface area contributed by atoms with Gasteiger partial charge in [0.25, 0.3) is 0 Å². The molecule has 11 heteroatoms. The minimum absolute atomic E-state index is 0.0478. The molecule has 0 spiro atoms. The van der Waals surface area contributed by atoms with Gasteiger partial charge in [0.15, 0.2) is 5.52 Å². The van der Waals surface area contributed by atoms with Gasteiger partial charge in [0.2, 0.25) is 21.8 Å². The summed E-state index contributed by atoms with van der Waals surface area (Å²) in [6.45, 7) is 2.41. The smallest absolute Gasteiger partial charge is 0.246 e. The summed E-state index contributed by atoms with van der Waals surface area (Å²) in [4.78, 5) is 0.0478. The highest BCUT2D eigenvalue weighted by Gasteiger charge is 2.35. The van der Waals surface area contributed by atoms with Crippen molar-refractivity contribution in [3.63, 3.8) is 0 Å². The molecule has 0 radical (unpaired) electrons. The molecule has 0 N–H and O–H groups in total. The molecule has 1 aromatic carbocycles. The van der Waals surface area contributed by atoms with Gasteiger partial charge in [-0.3, -0.25) is 0 Å². The van der Waals surface area contributed by atoms with Crippen molar-refractivity contribution in [1.82, 2.24) is 24.8 Å². The first kappa shape index (κ1) is 16.1. The van der Waals surface area contributed by atoms with Gasteiger partial charge >= 0.3 is 0 Å². The average Bonchev–Trinajstić information content (AvgIpc) is 3.30. The Morgan fingerprint density at radius 1 is 1.28 bits per heavy atom. The Morgan fingerprint density at radius 3 is 2.96 bits per heavy atom. The molecule has 0 bridgehead atoms. The van der Waals surface area contributed by atoms with Gasteiger partial charge in [-0.05, 0) is 22.4 Å². The van der Waals surface area contributed by atoms with E-state index in [-0.39, 0.29) is 36.0 Å². The van der Waals surface area contributed by atoms with E-state index in [9.17, 15) is 8.42 Å². The number of ether oxygens (including phenoxy) is 1. The molecule has 4 rings (SSSR count). The molecule has 10 nitrogen and oxygen atoms in total. The Hall–Kier alpha value is -2.37. The lowest BCUT2D eigenvalue weighted by molar-refractivity contribution is -0.0177. The molecule has 0 saturated carbocycles. The Bertz CT molecular complexity index is 998. The Morgan fingerprint density at radius 2 is 2.16 bits per heavy atom. The number of rotatable bonds is 4. The molecule has 1 aliphatic rings. The van der Waals surface area contributed by atoms with Crippen molar-refractivity contribution in [2.45, 2.75) is 24.3 Å². The number of nitrogens with zero attached hydrogens (tertiary/aromatic N) is 5. The summed E-state index contributed by atoms with van der Waals surface area (Å²) in [6.07, 6.45) is -0.00550. The molecular formula is C14H15N5O5S. The van der Waals surface area contributed by atoms with E-state index >= 15 is 0 Å². The zero-order chi connectivity index (χ0) is 17.4. The number of fused-ring (bicyclic) bond motifs is 1. The fourth-order valence-corrected chi connectivity index (χ4v) is 4.22. The van der Waals surface area contributed by atoms with Crippen molar-refractivity contribution in [1.29, 1.82) is 0 Å². The topological polar surface area (TPSA) is 124 Å². The van der Waals surface area contributed by atoms with Crippen LogP contribution < -0.4 is 0 Å². The zero-order valence-corrected chi connectivity index (χ0v) is 14.1. The molecule has 1 atom stereocenters. The van der Waals surface area contributed by atoms with E-state index in [0.29, 0.717) is 17.8 Å². The van der Waals surface area contributed by atoms with Crippen LogP contribution in [0.15, 0.2) is 32.1 Å². The SMILES string of the molecule is CCc1nnc([C@H]2CN(S(=O)(=O)c3cccc4nonc34)CCO2)o1. The van der Waals surface area contributed by atoms with E-state index in [1.54, 1.807) is 12.1 Å². The van der Waals surface area contributed by atoms with E-state index in [4.69, 9.17) is 9.15 Å². The first-order chi connectivity index (χ1) is 12.1. The number of hydrogen-bond acceptors (Lipinski definition) is 9. The Kier molecular flexibility index (Phi) is 3.98. The summed E-state index contributed by atoms with van der Waals surface area (Å²) < 4.78 is 43.1. The molecule has 25 heavy (non-hydrogen) atoms. The third kappa shape index (κ3) is 2.79. The van der Waals surface area contributed by atoms with Crippen molar-refractivity contribution < 1.29 is 22.2 Å². The van der Waals surface area contributed by atoms with E-state index in [0.717, 1.165) is 0 Å². The van der Waals surface area contributed by atoms with Crippen molar-refractivity contribution in [3.8, 4) is 0 Å². The molecule has 0 unspecified atom stereocenters. The molecule has 3 heterocycles. The standard InChI is InChI=1S/C14H15N5O5S/c1-2-12-15-16-14(23-12)10-8-19(6-7-22-10)25(20,21)11-5-3-4-9-13(11)18-24-17-9/h3-5,10H,2,6-8H2,1H3/t10-/m1/s1. The van der Waals surface area contributed by atoms with Gasteiger partial charge in [0, 0.05) is 19.5 Å². The van der Waals surface area contributed by atoms with Crippen LogP contribution in [0, 0.1) is 0 Å². The lowest BCUT2D eigenvalue weighted by Crippen LogP contribution is -2.42. The van der Waals surface area contributed by atoms with E-state index < -0.39 is 16.1 Å². The lowest BCUT2D eigenvalue weighted by atomic mass is 10.3. The molecule has 1 saturated heterocycles. The predicted molar refractivity (Wildman–Crippen MR) is 82.9 cm³/mol. The van der Waals surface area contributed by atoms with Crippen molar-refractivity contribution in [2.75, 3.05) is 19.7 Å². The Balaban J connectivity index is 1.65. The number of morpholine rings is 1. The van der Waals surface area contributed by atoms with E-state index in [2.05, 4.69) is 25.1 Å². The number of aryl methyl sites for hydroxylation is 1. The second-order valence-electron chi connectivity index (χ2n) is 5.50. The van der Waals surface area contributed by atoms with Gasteiger partial charge in [-0.15, -0.1) is 10.2 Å². The second-order valence-corrected chi connectivity index (χ2v) is 7.40. The molecule has 0 amide bonds. The van der Waals surface area contributed by atoms with Crippen LogP contribution in [0.5, 0.6) is 0 Å². The number of hydrogen-bond donors (Lipinski definition) is 0. The highest BCUT2D eigenvalue weighted by Crippen LogP contribution is 2.28. The maximum Gasteiger partial charge on any atom is 0.246 e. The molecule has 132 valence electrons. The van der Waals surface area contributed by atoms with Crippen LogP contribution in [0.1, 0.15) is 24.8 Å². The van der Waals surface area contributed by atoms with E-state index in [1.165, 1.54) is 10.4 Å². The lowest BCUT2D eigenvalue weighted by Gasteiger charge is -2.30. The molecule has 1 fully saturated rings. The molecule has 2 aromatic heterocycles. The maximum absolute atomic E-state index is 13.0. The molecule has 1 aliphatic heterocycles. The van der Waals surface area contributed by atoms with Gasteiger partial charge in [-0.1, -0.05) is 13.0 Å². The first-order valence-corrected chi connectivity index (χ1v) is 9.19. The third-order valence-electron chi connectivity index (χ3n) is 3.96. The maximum atomic E-state index is 13.0. The first-order valence-electron chi connectivity index (χ1n) is 7.75. The number of aromatic nitrogens is 4. The van der Waals surface area contributed by atoms with Crippen molar-refractivity contribution >= 4 is 21.1 Å². The van der Waals surface area contributed by atoms with Crippen LogP contribution >= 0.6 is 0 Å². The number of benzene rings is 1. The predicted octanol–water partition coefficient (Wildman–Crippen LogP) is 0.930. The van der Waals surface area contributed by atoms with Crippen molar-refractivity contribution in [3.05, 3.63) is 30.0 Å². The van der Waals surface area contributed by atoms with Gasteiger partial charge in [-0.25, -0.2) is 13.0 Å². The minimum atomic E-state index is -3.80. The summed E-state index contributed by atoms with van der Waals surface area (Å²) in [5.74, 6) is 0.759. The van der Waals surface area contributed by atoms with Gasteiger partial charge in [0.05, 0.1) is 6.61 Å². The molecular weight excluding hydrogens is 350 g/mol. The number of sulfonamides is 1. The average molecular weight is 365 g/mol. The van der Waals surface area contributed by atoms with E-state index in [1.807, 2.05) is 6.92 Å². The van der Waals surface area contributed by atoms with Gasteiger partial charge < -0.3 is 9.15 Å². The second kappa shape index (κ2) is 6.17. The fraction of sp³-hybridized carbons (Fsp3) is 0.429. The van der Waals surface area contributed by atoms with Gasteiger partial charge in [0.1, 0.15) is 16.5 Å². The third-order valence-corrected chi connectivity index (χ3v) is 5.85. The zero-order valence-electron chi connectivity index (χ0n) is 13.3. The summed E-state index contributed by atoms with van der Waals surface area (Å²) in [5.41, 5.74) is 0.590. The van der Waals surface area contributed by atoms with Gasteiger partial charge in [-0.2, -0.15) is 4.31 Å². The summed E-state index contributed by atoms with van der Waals surface area (Å²) in [7, 11) is -3.80. The highest BCUT2D eigenvalue weighted by molar-refractivity contribution is 7.89. The summed E-state index contributed by atoms with van der Waals surface area (Å²) in [6, 6.07) is 4.72. The minimum Gasteiger partial charge on any atom is -0.422 e.